The predicted octanol–water partition coefficient (Wildman–Crippen LogP) is 5.46. The number of amides is 1. The number of aryl methyl sites for hydroxylation is 1. The molecule has 1 amide bonds. The van der Waals surface area contributed by atoms with Crippen LogP contribution in [0.3, 0.4) is 0 Å². The number of imidazole rings is 1. The van der Waals surface area contributed by atoms with E-state index < -0.39 is 0 Å². The molecular weight excluding hydrogens is 462 g/mol. The zero-order valence-corrected chi connectivity index (χ0v) is 21.9. The summed E-state index contributed by atoms with van der Waals surface area (Å²) in [6, 6.07) is 15.6. The number of hydrogen-bond acceptors (Lipinski definition) is 5. The van der Waals surface area contributed by atoms with Crippen LogP contribution in [0.5, 0.6) is 11.5 Å². The van der Waals surface area contributed by atoms with Gasteiger partial charge in [0.1, 0.15) is 17.6 Å². The number of carbonyl (C=O) groups excluding carboxylic acids is 1. The summed E-state index contributed by atoms with van der Waals surface area (Å²) in [6.07, 6.45) is 9.82. The summed E-state index contributed by atoms with van der Waals surface area (Å²) < 4.78 is 8.23. The number of carbonyl (C=O) groups is 1. The monoisotopic (exact) mass is 499 g/mol. The average Bonchev–Trinajstić information content (AvgIpc) is 3.24. The standard InChI is InChI=1S/C30H37N5O2/c1-3-4-6-14-35-15-7-5-11-26(30(35)36)22-9-8-10-25(16-22)37-29-17-23(12-13-24(29)18-31)27(19-32)28-20-33-21-34(28)2/h8-10,12-13,16-17,20-21,26-27H,3-7,11,14-15,19,32H2,1-2H3. The highest BCUT2D eigenvalue weighted by Gasteiger charge is 2.28. The molecule has 0 spiro atoms. The second-order valence-corrected chi connectivity index (χ2v) is 9.84. The topological polar surface area (TPSA) is 97.2 Å². The quantitative estimate of drug-likeness (QED) is 0.374. The average molecular weight is 500 g/mol. The van der Waals surface area contributed by atoms with Crippen LogP contribution in [0.15, 0.2) is 55.0 Å². The van der Waals surface area contributed by atoms with Gasteiger partial charge in [-0.25, -0.2) is 4.98 Å². The maximum atomic E-state index is 13.4. The molecule has 4 rings (SSSR count). The number of unbranched alkanes of at least 4 members (excludes halogenated alkanes) is 2. The molecule has 7 heteroatoms. The van der Waals surface area contributed by atoms with E-state index in [1.807, 2.05) is 59.1 Å². The highest BCUT2D eigenvalue weighted by atomic mass is 16.5. The molecule has 2 atom stereocenters. The molecule has 2 heterocycles. The van der Waals surface area contributed by atoms with E-state index in [4.69, 9.17) is 10.5 Å². The molecule has 0 aliphatic carbocycles. The molecule has 37 heavy (non-hydrogen) atoms. The fourth-order valence-electron chi connectivity index (χ4n) is 5.17. The van der Waals surface area contributed by atoms with Crippen LogP contribution in [-0.2, 0) is 11.8 Å². The number of rotatable bonds is 10. The Labute approximate surface area is 219 Å². The Balaban J connectivity index is 1.58. The van der Waals surface area contributed by atoms with Crippen molar-refractivity contribution in [1.82, 2.24) is 14.5 Å². The van der Waals surface area contributed by atoms with Gasteiger partial charge in [-0.1, -0.05) is 44.4 Å². The lowest BCUT2D eigenvalue weighted by molar-refractivity contribution is -0.132. The zero-order chi connectivity index (χ0) is 26.2. The number of hydrogen-bond donors (Lipinski definition) is 1. The lowest BCUT2D eigenvalue weighted by Crippen LogP contribution is -2.35. The molecule has 0 bridgehead atoms. The smallest absolute Gasteiger partial charge is 0.230 e. The first-order valence-electron chi connectivity index (χ1n) is 13.3. The minimum atomic E-state index is -0.166. The third-order valence-corrected chi connectivity index (χ3v) is 7.28. The Morgan fingerprint density at radius 2 is 2.08 bits per heavy atom. The fourth-order valence-corrected chi connectivity index (χ4v) is 5.17. The molecule has 2 N–H and O–H groups in total. The summed E-state index contributed by atoms with van der Waals surface area (Å²) in [7, 11) is 1.94. The summed E-state index contributed by atoms with van der Waals surface area (Å²) in [5, 5.41) is 9.73. The second-order valence-electron chi connectivity index (χ2n) is 9.84. The van der Waals surface area contributed by atoms with Crippen molar-refractivity contribution >= 4 is 5.91 Å². The minimum absolute atomic E-state index is 0.0729. The maximum Gasteiger partial charge on any atom is 0.230 e. The molecule has 7 nitrogen and oxygen atoms in total. The maximum absolute atomic E-state index is 13.4. The molecule has 1 saturated heterocycles. The van der Waals surface area contributed by atoms with Crippen LogP contribution in [-0.4, -0.2) is 40.0 Å². The zero-order valence-electron chi connectivity index (χ0n) is 21.9. The van der Waals surface area contributed by atoms with Crippen molar-refractivity contribution in [2.75, 3.05) is 19.6 Å². The van der Waals surface area contributed by atoms with E-state index in [0.29, 0.717) is 23.6 Å². The molecule has 3 aromatic rings. The molecule has 1 aliphatic heterocycles. The van der Waals surface area contributed by atoms with Crippen LogP contribution in [0.1, 0.15) is 79.7 Å². The van der Waals surface area contributed by atoms with Crippen LogP contribution >= 0.6 is 0 Å². The summed E-state index contributed by atoms with van der Waals surface area (Å²) in [5.41, 5.74) is 9.50. The summed E-state index contributed by atoms with van der Waals surface area (Å²) in [5.74, 6) is 1.07. The van der Waals surface area contributed by atoms with Crippen molar-refractivity contribution in [3.05, 3.63) is 77.4 Å². The van der Waals surface area contributed by atoms with Crippen molar-refractivity contribution in [3.8, 4) is 17.6 Å². The number of likely N-dealkylation sites (tertiary alicyclic amines) is 1. The highest BCUT2D eigenvalue weighted by molar-refractivity contribution is 5.84. The first-order chi connectivity index (χ1) is 18.0. The molecule has 194 valence electrons. The van der Waals surface area contributed by atoms with Gasteiger partial charge in [-0.2, -0.15) is 5.26 Å². The lowest BCUT2D eigenvalue weighted by atomic mass is 9.93. The molecule has 1 fully saturated rings. The van der Waals surface area contributed by atoms with Gasteiger partial charge in [0.15, 0.2) is 0 Å². The van der Waals surface area contributed by atoms with Crippen LogP contribution in [0, 0.1) is 11.3 Å². The van der Waals surface area contributed by atoms with Gasteiger partial charge in [0, 0.05) is 44.5 Å². The Morgan fingerprint density at radius 1 is 1.22 bits per heavy atom. The van der Waals surface area contributed by atoms with Crippen molar-refractivity contribution in [2.45, 2.75) is 57.3 Å². The van der Waals surface area contributed by atoms with Gasteiger partial charge in [0.05, 0.1) is 17.8 Å². The van der Waals surface area contributed by atoms with Gasteiger partial charge in [0.2, 0.25) is 5.91 Å². The number of nitrogens with two attached hydrogens (primary N) is 1. The van der Waals surface area contributed by atoms with Crippen LogP contribution in [0.2, 0.25) is 0 Å². The van der Waals surface area contributed by atoms with Crippen molar-refractivity contribution < 1.29 is 9.53 Å². The number of aromatic nitrogens is 2. The highest BCUT2D eigenvalue weighted by Crippen LogP contribution is 2.34. The van der Waals surface area contributed by atoms with E-state index in [1.54, 1.807) is 12.4 Å². The molecule has 2 unspecified atom stereocenters. The van der Waals surface area contributed by atoms with Crippen molar-refractivity contribution in [2.24, 2.45) is 12.8 Å². The van der Waals surface area contributed by atoms with Crippen molar-refractivity contribution in [3.63, 3.8) is 0 Å². The Hall–Kier alpha value is -3.63. The minimum Gasteiger partial charge on any atom is -0.456 e. The van der Waals surface area contributed by atoms with E-state index in [9.17, 15) is 10.1 Å². The van der Waals surface area contributed by atoms with Gasteiger partial charge in [0.25, 0.3) is 0 Å². The van der Waals surface area contributed by atoms with Crippen molar-refractivity contribution in [1.29, 1.82) is 5.26 Å². The first kappa shape index (κ1) is 26.4. The molecular formula is C30H37N5O2. The number of nitrogens with zero attached hydrogens (tertiary/aromatic N) is 4. The lowest BCUT2D eigenvalue weighted by Gasteiger charge is -2.25. The van der Waals surface area contributed by atoms with Gasteiger partial charge in [-0.15, -0.1) is 0 Å². The van der Waals surface area contributed by atoms with Gasteiger partial charge in [-0.3, -0.25) is 4.79 Å². The van der Waals surface area contributed by atoms with E-state index in [0.717, 1.165) is 68.4 Å². The van der Waals surface area contributed by atoms with Crippen LogP contribution < -0.4 is 10.5 Å². The summed E-state index contributed by atoms with van der Waals surface area (Å²) in [6.45, 7) is 4.25. The Kier molecular flexibility index (Phi) is 8.97. The second kappa shape index (κ2) is 12.6. The predicted molar refractivity (Wildman–Crippen MR) is 144 cm³/mol. The molecule has 1 aromatic heterocycles. The molecule has 0 saturated carbocycles. The molecule has 1 aliphatic rings. The fraction of sp³-hybridized carbons (Fsp3) is 0.433. The first-order valence-corrected chi connectivity index (χ1v) is 13.3. The van der Waals surface area contributed by atoms with Gasteiger partial charge in [-0.05, 0) is 54.7 Å². The third kappa shape index (κ3) is 6.20. The molecule has 2 aromatic carbocycles. The van der Waals surface area contributed by atoms with E-state index >= 15 is 0 Å². The van der Waals surface area contributed by atoms with Gasteiger partial charge >= 0.3 is 0 Å². The van der Waals surface area contributed by atoms with Crippen LogP contribution in [0.4, 0.5) is 0 Å². The van der Waals surface area contributed by atoms with Crippen LogP contribution in [0.25, 0.3) is 0 Å². The number of benzene rings is 2. The van der Waals surface area contributed by atoms with Gasteiger partial charge < -0.3 is 19.9 Å². The van der Waals surface area contributed by atoms with E-state index in [2.05, 4.69) is 18.0 Å². The summed E-state index contributed by atoms with van der Waals surface area (Å²) >= 11 is 0. The van der Waals surface area contributed by atoms with E-state index in [-0.39, 0.29) is 17.7 Å². The summed E-state index contributed by atoms with van der Waals surface area (Å²) in [4.78, 5) is 19.7. The number of nitriles is 1. The Bertz CT molecular complexity index is 1240. The van der Waals surface area contributed by atoms with E-state index in [1.165, 1.54) is 0 Å². The normalized spacial score (nSPS) is 16.8. The third-order valence-electron chi connectivity index (χ3n) is 7.28. The number of ether oxygens (including phenoxy) is 1. The Morgan fingerprint density at radius 3 is 2.81 bits per heavy atom. The largest absolute Gasteiger partial charge is 0.456 e. The molecule has 0 radical (unpaired) electrons. The SMILES string of the molecule is CCCCCN1CCCCC(c2cccc(Oc3cc(C(CN)c4cncn4C)ccc3C#N)c2)C1=O.